The fourth-order valence-corrected chi connectivity index (χ4v) is 1.36. The highest BCUT2D eigenvalue weighted by Gasteiger charge is 2.14. The molecule has 0 saturated heterocycles. The van der Waals surface area contributed by atoms with E-state index in [-0.39, 0.29) is 0 Å². The zero-order valence-corrected chi connectivity index (χ0v) is 6.65. The molecule has 1 heteroatoms. The second-order valence-electron chi connectivity index (χ2n) is 3.13. The van der Waals surface area contributed by atoms with Crippen molar-refractivity contribution in [2.45, 2.75) is 33.1 Å². The summed E-state index contributed by atoms with van der Waals surface area (Å²) in [5.41, 5.74) is 2.92. The van der Waals surface area contributed by atoms with Crippen LogP contribution < -0.4 is 0 Å². The van der Waals surface area contributed by atoms with Crippen LogP contribution in [0.2, 0.25) is 0 Å². The summed E-state index contributed by atoms with van der Waals surface area (Å²) in [7, 11) is 0. The van der Waals surface area contributed by atoms with Crippen LogP contribution in [0.5, 0.6) is 0 Å². The van der Waals surface area contributed by atoms with Gasteiger partial charge in [0.25, 0.3) is 0 Å². The molecule has 0 aromatic rings. The number of allylic oxidation sites excluding steroid dienone is 2. The van der Waals surface area contributed by atoms with Gasteiger partial charge in [0.05, 0.1) is 12.0 Å². The molecule has 0 radical (unpaired) electrons. The molecular formula is C9H13N. The van der Waals surface area contributed by atoms with Gasteiger partial charge in [0.15, 0.2) is 0 Å². The minimum absolute atomic E-state index is 0.295. The Morgan fingerprint density at radius 2 is 2.10 bits per heavy atom. The first-order valence-electron chi connectivity index (χ1n) is 3.79. The Hall–Kier alpha value is -0.770. The van der Waals surface area contributed by atoms with E-state index in [1.54, 1.807) is 0 Å². The highest BCUT2D eigenvalue weighted by Crippen LogP contribution is 2.27. The molecule has 0 N–H and O–H groups in total. The summed E-state index contributed by atoms with van der Waals surface area (Å²) in [6, 6.07) is 2.32. The van der Waals surface area contributed by atoms with Gasteiger partial charge >= 0.3 is 0 Å². The summed E-state index contributed by atoms with van der Waals surface area (Å²) in [6.45, 7) is 4.31. The largest absolute Gasteiger partial charge is 0.198 e. The fraction of sp³-hybridized carbons (Fsp3) is 0.667. The van der Waals surface area contributed by atoms with E-state index >= 15 is 0 Å². The lowest BCUT2D eigenvalue weighted by Crippen LogP contribution is -2.05. The number of rotatable bonds is 0. The van der Waals surface area contributed by atoms with Crippen molar-refractivity contribution in [3.63, 3.8) is 0 Å². The Morgan fingerprint density at radius 1 is 1.40 bits per heavy atom. The first-order valence-corrected chi connectivity index (χ1v) is 3.79. The van der Waals surface area contributed by atoms with Crippen molar-refractivity contribution < 1.29 is 0 Å². The molecule has 0 unspecified atom stereocenters. The monoisotopic (exact) mass is 135 g/mol. The third-order valence-corrected chi connectivity index (χ3v) is 2.33. The van der Waals surface area contributed by atoms with Gasteiger partial charge in [-0.15, -0.1) is 0 Å². The Balaban J connectivity index is 2.64. The average molecular weight is 135 g/mol. The van der Waals surface area contributed by atoms with Crippen LogP contribution in [0.4, 0.5) is 0 Å². The minimum Gasteiger partial charge on any atom is -0.198 e. The smallest absolute Gasteiger partial charge is 0.0659 e. The molecule has 0 aliphatic heterocycles. The van der Waals surface area contributed by atoms with E-state index in [1.165, 1.54) is 11.1 Å². The van der Waals surface area contributed by atoms with E-state index in [0.717, 1.165) is 19.3 Å². The third-order valence-electron chi connectivity index (χ3n) is 2.33. The fourth-order valence-electron chi connectivity index (χ4n) is 1.36. The lowest BCUT2D eigenvalue weighted by atomic mass is 9.86. The van der Waals surface area contributed by atoms with Gasteiger partial charge in [0.1, 0.15) is 0 Å². The van der Waals surface area contributed by atoms with Crippen LogP contribution in [0.1, 0.15) is 33.1 Å². The second-order valence-corrected chi connectivity index (χ2v) is 3.13. The van der Waals surface area contributed by atoms with E-state index in [1.807, 2.05) is 0 Å². The minimum atomic E-state index is 0.295. The van der Waals surface area contributed by atoms with E-state index in [9.17, 15) is 0 Å². The normalized spacial score (nSPS) is 26.3. The molecule has 0 fully saturated rings. The van der Waals surface area contributed by atoms with Gasteiger partial charge in [0.2, 0.25) is 0 Å². The van der Waals surface area contributed by atoms with Crippen LogP contribution in [-0.4, -0.2) is 0 Å². The Bertz CT molecular complexity index is 195. The molecule has 1 atom stereocenters. The molecule has 1 rings (SSSR count). The van der Waals surface area contributed by atoms with Gasteiger partial charge in [-0.3, -0.25) is 0 Å². The molecule has 1 nitrogen and oxygen atoms in total. The third kappa shape index (κ3) is 1.39. The first kappa shape index (κ1) is 7.34. The molecule has 10 heavy (non-hydrogen) atoms. The van der Waals surface area contributed by atoms with Crippen molar-refractivity contribution in [2.75, 3.05) is 0 Å². The van der Waals surface area contributed by atoms with Crippen molar-refractivity contribution in [1.29, 1.82) is 5.26 Å². The van der Waals surface area contributed by atoms with Crippen molar-refractivity contribution in [1.82, 2.24) is 0 Å². The van der Waals surface area contributed by atoms with E-state index < -0.39 is 0 Å². The highest BCUT2D eigenvalue weighted by molar-refractivity contribution is 5.15. The van der Waals surface area contributed by atoms with Crippen molar-refractivity contribution in [3.05, 3.63) is 11.1 Å². The maximum atomic E-state index is 8.62. The summed E-state index contributed by atoms with van der Waals surface area (Å²) in [5.74, 6) is 0.295. The second kappa shape index (κ2) is 2.88. The molecule has 0 saturated carbocycles. The summed E-state index contributed by atoms with van der Waals surface area (Å²) in [5, 5.41) is 8.62. The maximum Gasteiger partial charge on any atom is 0.0659 e. The Morgan fingerprint density at radius 3 is 2.60 bits per heavy atom. The van der Waals surface area contributed by atoms with Gasteiger partial charge in [-0.05, 0) is 33.1 Å². The number of nitrogens with zero attached hydrogens (tertiary/aromatic N) is 1. The molecule has 0 bridgehead atoms. The highest BCUT2D eigenvalue weighted by atomic mass is 14.3. The van der Waals surface area contributed by atoms with Crippen molar-refractivity contribution in [2.24, 2.45) is 5.92 Å². The predicted octanol–water partition coefficient (Wildman–Crippen LogP) is 2.65. The average Bonchev–Trinajstić information content (AvgIpc) is 1.95. The van der Waals surface area contributed by atoms with Crippen LogP contribution in [0.15, 0.2) is 11.1 Å². The van der Waals surface area contributed by atoms with Gasteiger partial charge < -0.3 is 0 Å². The van der Waals surface area contributed by atoms with Gasteiger partial charge in [-0.1, -0.05) is 11.1 Å². The SMILES string of the molecule is CC1=C(C)C[C@@H](C#N)CC1. The molecule has 0 amide bonds. The zero-order valence-electron chi connectivity index (χ0n) is 6.65. The lowest BCUT2D eigenvalue weighted by Gasteiger charge is -2.18. The molecule has 0 heterocycles. The molecule has 0 aromatic carbocycles. The van der Waals surface area contributed by atoms with Gasteiger partial charge in [0, 0.05) is 0 Å². The van der Waals surface area contributed by atoms with E-state index in [2.05, 4.69) is 19.9 Å². The maximum absolute atomic E-state index is 8.62. The van der Waals surface area contributed by atoms with Gasteiger partial charge in [-0.25, -0.2) is 0 Å². The lowest BCUT2D eigenvalue weighted by molar-refractivity contribution is 0.557. The molecule has 1 aliphatic rings. The number of hydrogen-bond acceptors (Lipinski definition) is 1. The molecule has 0 aromatic heterocycles. The van der Waals surface area contributed by atoms with Crippen LogP contribution in [-0.2, 0) is 0 Å². The quantitative estimate of drug-likeness (QED) is 0.468. The number of hydrogen-bond donors (Lipinski definition) is 0. The molecule has 1 aliphatic carbocycles. The van der Waals surface area contributed by atoms with Crippen LogP contribution in [0.3, 0.4) is 0 Å². The summed E-state index contributed by atoms with van der Waals surface area (Å²) in [6.07, 6.45) is 3.20. The predicted molar refractivity (Wildman–Crippen MR) is 41.3 cm³/mol. The molecule has 0 spiro atoms. The Kier molecular flexibility index (Phi) is 2.11. The van der Waals surface area contributed by atoms with Gasteiger partial charge in [-0.2, -0.15) is 5.26 Å². The molecular weight excluding hydrogens is 122 g/mol. The zero-order chi connectivity index (χ0) is 7.56. The van der Waals surface area contributed by atoms with E-state index in [0.29, 0.717) is 5.92 Å². The summed E-state index contributed by atoms with van der Waals surface area (Å²) in [4.78, 5) is 0. The topological polar surface area (TPSA) is 23.8 Å². The van der Waals surface area contributed by atoms with Crippen LogP contribution in [0.25, 0.3) is 0 Å². The van der Waals surface area contributed by atoms with E-state index in [4.69, 9.17) is 5.26 Å². The molecule has 54 valence electrons. The first-order chi connectivity index (χ1) is 4.74. The van der Waals surface area contributed by atoms with Crippen LogP contribution >= 0.6 is 0 Å². The van der Waals surface area contributed by atoms with Crippen molar-refractivity contribution in [3.8, 4) is 6.07 Å². The van der Waals surface area contributed by atoms with Crippen molar-refractivity contribution >= 4 is 0 Å². The summed E-state index contributed by atoms with van der Waals surface area (Å²) >= 11 is 0. The standard InChI is InChI=1S/C9H13N/c1-7-3-4-9(6-10)5-8(7)2/h9H,3-5H2,1-2H3/t9-/m0/s1. The Labute approximate surface area is 62.4 Å². The summed E-state index contributed by atoms with van der Waals surface area (Å²) < 4.78 is 0. The van der Waals surface area contributed by atoms with Crippen LogP contribution in [0, 0.1) is 17.2 Å². The number of nitriles is 1.